The number of nitrogens with one attached hydrogen (secondary N) is 1. The SMILES string of the molecule is CC(C)Cc1nc(C(N)=O)c2[nH]c(=O)n(-c3cccc(F)c3)c2n1. The Morgan fingerprint density at radius 2 is 2.12 bits per heavy atom. The molecular formula is C16H16FN5O2. The number of benzene rings is 1. The first kappa shape index (κ1) is 15.9. The number of halogens is 1. The molecule has 0 saturated carbocycles. The van der Waals surface area contributed by atoms with Crippen LogP contribution in [-0.4, -0.2) is 25.4 Å². The normalized spacial score (nSPS) is 11.3. The van der Waals surface area contributed by atoms with E-state index in [9.17, 15) is 14.0 Å². The third kappa shape index (κ3) is 2.78. The number of fused-ring (bicyclic) bond motifs is 1. The average molecular weight is 329 g/mol. The smallest absolute Gasteiger partial charge is 0.332 e. The summed E-state index contributed by atoms with van der Waals surface area (Å²) in [7, 11) is 0. The van der Waals surface area contributed by atoms with E-state index in [0.717, 1.165) is 0 Å². The number of rotatable bonds is 4. The summed E-state index contributed by atoms with van der Waals surface area (Å²) in [6, 6.07) is 5.55. The van der Waals surface area contributed by atoms with Gasteiger partial charge in [0.05, 0.1) is 5.69 Å². The summed E-state index contributed by atoms with van der Waals surface area (Å²) >= 11 is 0. The molecule has 0 spiro atoms. The Bertz CT molecular complexity index is 990. The number of hydrogen-bond acceptors (Lipinski definition) is 4. The highest BCUT2D eigenvalue weighted by atomic mass is 19.1. The van der Waals surface area contributed by atoms with Gasteiger partial charge in [-0.1, -0.05) is 19.9 Å². The van der Waals surface area contributed by atoms with Gasteiger partial charge in [0.15, 0.2) is 11.3 Å². The van der Waals surface area contributed by atoms with E-state index in [0.29, 0.717) is 17.9 Å². The van der Waals surface area contributed by atoms with E-state index >= 15 is 0 Å². The van der Waals surface area contributed by atoms with Crippen LogP contribution in [0.2, 0.25) is 0 Å². The van der Waals surface area contributed by atoms with Crippen LogP contribution in [0.3, 0.4) is 0 Å². The number of hydrogen-bond donors (Lipinski definition) is 2. The van der Waals surface area contributed by atoms with Gasteiger partial charge in [-0.15, -0.1) is 0 Å². The van der Waals surface area contributed by atoms with Gasteiger partial charge in [0, 0.05) is 6.42 Å². The van der Waals surface area contributed by atoms with Crippen LogP contribution in [-0.2, 0) is 6.42 Å². The predicted molar refractivity (Wildman–Crippen MR) is 86.5 cm³/mol. The number of amides is 1. The van der Waals surface area contributed by atoms with Crippen molar-refractivity contribution in [1.29, 1.82) is 0 Å². The van der Waals surface area contributed by atoms with Crippen molar-refractivity contribution in [2.24, 2.45) is 11.7 Å². The van der Waals surface area contributed by atoms with Gasteiger partial charge in [-0.25, -0.2) is 23.7 Å². The summed E-state index contributed by atoms with van der Waals surface area (Å²) in [6.45, 7) is 3.96. The lowest BCUT2D eigenvalue weighted by molar-refractivity contribution is 0.0996. The maximum Gasteiger partial charge on any atom is 0.332 e. The summed E-state index contributed by atoms with van der Waals surface area (Å²) in [5.74, 6) is -0.604. The Morgan fingerprint density at radius 1 is 1.38 bits per heavy atom. The molecule has 3 aromatic rings. The minimum atomic E-state index is -0.764. The standard InChI is InChI=1S/C16H16FN5O2/c1-8(2)6-11-19-12(14(18)23)13-15(20-11)22(16(24)21-13)10-5-3-4-9(17)7-10/h3-5,7-8H,6H2,1-2H3,(H2,18,23)(H,21,24). The molecule has 7 nitrogen and oxygen atoms in total. The minimum Gasteiger partial charge on any atom is -0.364 e. The molecule has 0 radical (unpaired) electrons. The van der Waals surface area contributed by atoms with Gasteiger partial charge in [-0.3, -0.25) is 4.79 Å². The number of aromatic amines is 1. The highest BCUT2D eigenvalue weighted by Gasteiger charge is 2.20. The Balaban J connectivity index is 2.34. The third-order valence-corrected chi connectivity index (χ3v) is 3.47. The highest BCUT2D eigenvalue weighted by Crippen LogP contribution is 2.18. The molecule has 8 heteroatoms. The van der Waals surface area contributed by atoms with Crippen molar-refractivity contribution in [3.63, 3.8) is 0 Å². The van der Waals surface area contributed by atoms with E-state index in [4.69, 9.17) is 5.73 Å². The number of H-pyrrole nitrogens is 1. The number of aromatic nitrogens is 4. The molecule has 24 heavy (non-hydrogen) atoms. The van der Waals surface area contributed by atoms with E-state index in [1.807, 2.05) is 13.8 Å². The molecule has 0 bridgehead atoms. The molecule has 0 saturated heterocycles. The third-order valence-electron chi connectivity index (χ3n) is 3.47. The number of primary amides is 1. The highest BCUT2D eigenvalue weighted by molar-refractivity contribution is 6.01. The van der Waals surface area contributed by atoms with Crippen LogP contribution >= 0.6 is 0 Å². The molecule has 124 valence electrons. The molecule has 2 heterocycles. The summed E-state index contributed by atoms with van der Waals surface area (Å²) in [5, 5.41) is 0. The van der Waals surface area contributed by atoms with Crippen LogP contribution in [0, 0.1) is 11.7 Å². The summed E-state index contributed by atoms with van der Waals surface area (Å²) in [4.78, 5) is 35.1. The molecular weight excluding hydrogens is 313 g/mol. The molecule has 3 N–H and O–H groups in total. The quantitative estimate of drug-likeness (QED) is 0.757. The van der Waals surface area contributed by atoms with E-state index in [-0.39, 0.29) is 22.8 Å². The van der Waals surface area contributed by atoms with Crippen LogP contribution in [0.1, 0.15) is 30.2 Å². The molecule has 0 aliphatic rings. The van der Waals surface area contributed by atoms with Crippen molar-refractivity contribution >= 4 is 17.1 Å². The number of imidazole rings is 1. The Hall–Kier alpha value is -3.03. The first-order chi connectivity index (χ1) is 11.4. The number of nitrogens with two attached hydrogens (primary N) is 1. The molecule has 3 rings (SSSR count). The minimum absolute atomic E-state index is 0.0529. The first-order valence-electron chi connectivity index (χ1n) is 7.44. The van der Waals surface area contributed by atoms with Gasteiger partial charge in [0.2, 0.25) is 0 Å². The Kier molecular flexibility index (Phi) is 3.88. The average Bonchev–Trinajstić information content (AvgIpc) is 2.81. The lowest BCUT2D eigenvalue weighted by Gasteiger charge is -2.07. The van der Waals surface area contributed by atoms with E-state index in [1.165, 1.54) is 22.8 Å². The molecule has 1 amide bonds. The Labute approximate surface area is 136 Å². The van der Waals surface area contributed by atoms with Crippen molar-refractivity contribution in [2.45, 2.75) is 20.3 Å². The van der Waals surface area contributed by atoms with E-state index < -0.39 is 17.4 Å². The van der Waals surface area contributed by atoms with Crippen molar-refractivity contribution < 1.29 is 9.18 Å². The van der Waals surface area contributed by atoms with Crippen LogP contribution in [0.25, 0.3) is 16.9 Å². The molecule has 2 aromatic heterocycles. The maximum atomic E-state index is 13.5. The van der Waals surface area contributed by atoms with Crippen LogP contribution in [0.15, 0.2) is 29.1 Å². The van der Waals surface area contributed by atoms with Crippen molar-refractivity contribution in [3.8, 4) is 5.69 Å². The van der Waals surface area contributed by atoms with Gasteiger partial charge in [0.1, 0.15) is 17.2 Å². The van der Waals surface area contributed by atoms with Gasteiger partial charge >= 0.3 is 5.69 Å². The number of carbonyl (C=O) groups is 1. The monoisotopic (exact) mass is 329 g/mol. The summed E-state index contributed by atoms with van der Waals surface area (Å²) in [6.07, 6.45) is 0.513. The summed E-state index contributed by atoms with van der Waals surface area (Å²) in [5.41, 5.74) is 5.42. The van der Waals surface area contributed by atoms with Crippen LogP contribution < -0.4 is 11.4 Å². The lowest BCUT2D eigenvalue weighted by Crippen LogP contribution is -2.17. The van der Waals surface area contributed by atoms with E-state index in [2.05, 4.69) is 15.0 Å². The van der Waals surface area contributed by atoms with Crippen molar-refractivity contribution in [3.05, 3.63) is 52.1 Å². The Morgan fingerprint density at radius 3 is 2.75 bits per heavy atom. The molecule has 0 fully saturated rings. The molecule has 0 unspecified atom stereocenters. The predicted octanol–water partition coefficient (Wildman–Crippen LogP) is 1.55. The lowest BCUT2D eigenvalue weighted by atomic mass is 10.1. The fraction of sp³-hybridized carbons (Fsp3) is 0.250. The molecule has 1 aromatic carbocycles. The molecule has 0 atom stereocenters. The van der Waals surface area contributed by atoms with Gasteiger partial charge in [0.25, 0.3) is 5.91 Å². The van der Waals surface area contributed by atoms with Gasteiger partial charge in [-0.05, 0) is 24.1 Å². The second-order valence-electron chi connectivity index (χ2n) is 5.89. The van der Waals surface area contributed by atoms with E-state index in [1.54, 1.807) is 6.07 Å². The van der Waals surface area contributed by atoms with Gasteiger partial charge in [-0.2, -0.15) is 0 Å². The second kappa shape index (κ2) is 5.88. The largest absolute Gasteiger partial charge is 0.364 e. The molecule has 0 aliphatic heterocycles. The van der Waals surface area contributed by atoms with Crippen LogP contribution in [0.4, 0.5) is 4.39 Å². The van der Waals surface area contributed by atoms with Gasteiger partial charge < -0.3 is 10.7 Å². The fourth-order valence-corrected chi connectivity index (χ4v) is 2.52. The zero-order chi connectivity index (χ0) is 17.4. The number of carbonyl (C=O) groups excluding carboxylic acids is 1. The first-order valence-corrected chi connectivity index (χ1v) is 7.44. The maximum absolute atomic E-state index is 13.5. The topological polar surface area (TPSA) is 107 Å². The zero-order valence-corrected chi connectivity index (χ0v) is 13.2. The van der Waals surface area contributed by atoms with Crippen molar-refractivity contribution in [2.75, 3.05) is 0 Å². The van der Waals surface area contributed by atoms with Crippen LogP contribution in [0.5, 0.6) is 0 Å². The van der Waals surface area contributed by atoms with Crippen molar-refractivity contribution in [1.82, 2.24) is 19.5 Å². The fourth-order valence-electron chi connectivity index (χ4n) is 2.52. The number of nitrogens with zero attached hydrogens (tertiary/aromatic N) is 3. The second-order valence-corrected chi connectivity index (χ2v) is 5.89. The summed E-state index contributed by atoms with van der Waals surface area (Å²) < 4.78 is 14.7. The molecule has 0 aliphatic carbocycles. The zero-order valence-electron chi connectivity index (χ0n) is 13.2.